The molecule has 7 heteroatoms. The van der Waals surface area contributed by atoms with Gasteiger partial charge in [-0.3, -0.25) is 4.79 Å². The molecule has 0 aliphatic heterocycles. The van der Waals surface area contributed by atoms with Crippen LogP contribution in [0.25, 0.3) is 11.1 Å². The summed E-state index contributed by atoms with van der Waals surface area (Å²) in [5.41, 5.74) is 6.96. The van der Waals surface area contributed by atoms with Crippen LogP contribution in [0.5, 0.6) is 0 Å². The summed E-state index contributed by atoms with van der Waals surface area (Å²) in [6.45, 7) is 0. The smallest absolute Gasteiger partial charge is 0.399 e. The van der Waals surface area contributed by atoms with Gasteiger partial charge in [0.05, 0.1) is 0 Å². The zero-order valence-corrected chi connectivity index (χ0v) is 9.48. The first-order valence-electron chi connectivity index (χ1n) is 5.16. The standard InChI is InChI=1S/C12H8F3N3O/c13-12(14,15)11-17-4-8(5-18-11)10-3-9(16)2-1-7(10)6-19/h1-6H,16H2. The van der Waals surface area contributed by atoms with Gasteiger partial charge in [-0.2, -0.15) is 13.2 Å². The van der Waals surface area contributed by atoms with Gasteiger partial charge in [0, 0.05) is 29.2 Å². The molecule has 0 fully saturated rings. The fourth-order valence-electron chi connectivity index (χ4n) is 1.54. The maximum atomic E-state index is 12.3. The van der Waals surface area contributed by atoms with Gasteiger partial charge < -0.3 is 5.73 Å². The van der Waals surface area contributed by atoms with Crippen LogP contribution in [-0.2, 0) is 6.18 Å². The average Bonchev–Trinajstić information content (AvgIpc) is 2.38. The van der Waals surface area contributed by atoms with Gasteiger partial charge in [0.1, 0.15) is 0 Å². The fraction of sp³-hybridized carbons (Fsp3) is 0.0833. The van der Waals surface area contributed by atoms with Crippen LogP contribution in [0, 0.1) is 0 Å². The lowest BCUT2D eigenvalue weighted by Gasteiger charge is -2.08. The number of hydrogen-bond donors (Lipinski definition) is 1. The first-order chi connectivity index (χ1) is 8.91. The summed E-state index contributed by atoms with van der Waals surface area (Å²) in [6.07, 6.45) is -1.98. The van der Waals surface area contributed by atoms with Gasteiger partial charge in [-0.1, -0.05) is 0 Å². The highest BCUT2D eigenvalue weighted by molar-refractivity contribution is 5.88. The predicted octanol–water partition coefficient (Wildman–Crippen LogP) is 2.56. The Kier molecular flexibility index (Phi) is 3.20. The molecule has 0 saturated carbocycles. The molecule has 2 N–H and O–H groups in total. The third kappa shape index (κ3) is 2.70. The summed E-state index contributed by atoms with van der Waals surface area (Å²) in [6, 6.07) is 4.49. The molecule has 19 heavy (non-hydrogen) atoms. The molecule has 2 aromatic rings. The van der Waals surface area contributed by atoms with Crippen molar-refractivity contribution in [1.29, 1.82) is 0 Å². The second-order valence-corrected chi connectivity index (χ2v) is 3.76. The number of nitrogen functional groups attached to an aromatic ring is 1. The number of halogens is 3. The Bertz CT molecular complexity index is 609. The Morgan fingerprint density at radius 1 is 1.16 bits per heavy atom. The molecular formula is C12H8F3N3O. The van der Waals surface area contributed by atoms with Crippen molar-refractivity contribution in [2.75, 3.05) is 5.73 Å². The van der Waals surface area contributed by atoms with E-state index in [9.17, 15) is 18.0 Å². The van der Waals surface area contributed by atoms with Crippen LogP contribution >= 0.6 is 0 Å². The summed E-state index contributed by atoms with van der Waals surface area (Å²) in [7, 11) is 0. The molecule has 98 valence electrons. The van der Waals surface area contributed by atoms with Gasteiger partial charge in [0.2, 0.25) is 5.82 Å². The van der Waals surface area contributed by atoms with Crippen molar-refractivity contribution in [3.8, 4) is 11.1 Å². The van der Waals surface area contributed by atoms with E-state index in [-0.39, 0.29) is 0 Å². The average molecular weight is 267 g/mol. The normalized spacial score (nSPS) is 11.3. The number of hydrogen-bond acceptors (Lipinski definition) is 4. The minimum Gasteiger partial charge on any atom is -0.399 e. The van der Waals surface area contributed by atoms with Gasteiger partial charge >= 0.3 is 6.18 Å². The van der Waals surface area contributed by atoms with Crippen molar-refractivity contribution in [1.82, 2.24) is 9.97 Å². The Morgan fingerprint density at radius 3 is 2.32 bits per heavy atom. The number of alkyl halides is 3. The quantitative estimate of drug-likeness (QED) is 0.670. The molecule has 0 amide bonds. The van der Waals surface area contributed by atoms with Crippen molar-refractivity contribution in [2.45, 2.75) is 6.18 Å². The molecule has 1 aromatic heterocycles. The molecule has 0 unspecified atom stereocenters. The van der Waals surface area contributed by atoms with E-state index in [1.807, 2.05) is 0 Å². The number of carbonyl (C=O) groups is 1. The number of nitrogens with zero attached hydrogens (tertiary/aromatic N) is 2. The van der Waals surface area contributed by atoms with Crippen LogP contribution < -0.4 is 5.73 Å². The highest BCUT2D eigenvalue weighted by Crippen LogP contribution is 2.28. The predicted molar refractivity (Wildman–Crippen MR) is 62.3 cm³/mol. The lowest BCUT2D eigenvalue weighted by atomic mass is 10.0. The number of carbonyl (C=O) groups excluding carboxylic acids is 1. The summed E-state index contributed by atoms with van der Waals surface area (Å²) < 4.78 is 37.0. The lowest BCUT2D eigenvalue weighted by molar-refractivity contribution is -0.144. The summed E-state index contributed by atoms with van der Waals surface area (Å²) in [4.78, 5) is 17.4. The molecule has 1 aromatic carbocycles. The minimum atomic E-state index is -4.60. The molecular weight excluding hydrogens is 259 g/mol. The van der Waals surface area contributed by atoms with Crippen LogP contribution in [0.15, 0.2) is 30.6 Å². The second-order valence-electron chi connectivity index (χ2n) is 3.76. The van der Waals surface area contributed by atoms with Crippen molar-refractivity contribution < 1.29 is 18.0 Å². The maximum Gasteiger partial charge on any atom is 0.451 e. The number of nitrogens with two attached hydrogens (primary N) is 1. The van der Waals surface area contributed by atoms with Crippen LogP contribution in [-0.4, -0.2) is 16.3 Å². The summed E-state index contributed by atoms with van der Waals surface area (Å²) in [5.74, 6) is -1.23. The van der Waals surface area contributed by atoms with Crippen LogP contribution in [0.2, 0.25) is 0 Å². The van der Waals surface area contributed by atoms with Gasteiger partial charge in [-0.15, -0.1) is 0 Å². The van der Waals surface area contributed by atoms with E-state index in [1.54, 1.807) is 0 Å². The van der Waals surface area contributed by atoms with E-state index in [1.165, 1.54) is 18.2 Å². The van der Waals surface area contributed by atoms with Gasteiger partial charge in [-0.05, 0) is 23.8 Å². The Labute approximate surface area is 106 Å². The largest absolute Gasteiger partial charge is 0.451 e. The maximum absolute atomic E-state index is 12.3. The minimum absolute atomic E-state index is 0.294. The first-order valence-corrected chi connectivity index (χ1v) is 5.16. The Hall–Kier alpha value is -2.44. The highest BCUT2D eigenvalue weighted by atomic mass is 19.4. The third-order valence-electron chi connectivity index (χ3n) is 2.42. The second kappa shape index (κ2) is 4.68. The van der Waals surface area contributed by atoms with Crippen molar-refractivity contribution in [3.63, 3.8) is 0 Å². The summed E-state index contributed by atoms with van der Waals surface area (Å²) >= 11 is 0. The van der Waals surface area contributed by atoms with E-state index >= 15 is 0 Å². The molecule has 2 rings (SSSR count). The molecule has 0 atom stereocenters. The highest BCUT2D eigenvalue weighted by Gasteiger charge is 2.34. The fourth-order valence-corrected chi connectivity index (χ4v) is 1.54. The number of rotatable bonds is 2. The van der Waals surface area contributed by atoms with E-state index in [0.717, 1.165) is 12.4 Å². The molecule has 0 bridgehead atoms. The topological polar surface area (TPSA) is 68.9 Å². The Balaban J connectivity index is 2.48. The van der Waals surface area contributed by atoms with E-state index in [4.69, 9.17) is 5.73 Å². The third-order valence-corrected chi connectivity index (χ3v) is 2.42. The Morgan fingerprint density at radius 2 is 1.79 bits per heavy atom. The molecule has 4 nitrogen and oxygen atoms in total. The lowest BCUT2D eigenvalue weighted by Crippen LogP contribution is -2.10. The van der Waals surface area contributed by atoms with Crippen LogP contribution in [0.1, 0.15) is 16.2 Å². The van der Waals surface area contributed by atoms with Gasteiger partial charge in [-0.25, -0.2) is 9.97 Å². The van der Waals surface area contributed by atoms with E-state index in [0.29, 0.717) is 28.7 Å². The van der Waals surface area contributed by atoms with Gasteiger partial charge in [0.15, 0.2) is 6.29 Å². The van der Waals surface area contributed by atoms with E-state index in [2.05, 4.69) is 9.97 Å². The van der Waals surface area contributed by atoms with E-state index < -0.39 is 12.0 Å². The van der Waals surface area contributed by atoms with Crippen LogP contribution in [0.4, 0.5) is 18.9 Å². The zero-order valence-electron chi connectivity index (χ0n) is 9.48. The molecule has 1 heterocycles. The number of anilines is 1. The molecule has 0 aliphatic carbocycles. The molecule has 0 aliphatic rings. The van der Waals surface area contributed by atoms with Crippen LogP contribution in [0.3, 0.4) is 0 Å². The monoisotopic (exact) mass is 267 g/mol. The SMILES string of the molecule is Nc1ccc(C=O)c(-c2cnc(C(F)(F)F)nc2)c1. The molecule has 0 spiro atoms. The van der Waals surface area contributed by atoms with Gasteiger partial charge in [0.25, 0.3) is 0 Å². The zero-order chi connectivity index (χ0) is 14.0. The number of aldehydes is 1. The van der Waals surface area contributed by atoms with Crippen molar-refractivity contribution in [2.24, 2.45) is 0 Å². The molecule has 0 saturated heterocycles. The number of benzene rings is 1. The van der Waals surface area contributed by atoms with Crippen molar-refractivity contribution >= 4 is 12.0 Å². The molecule has 0 radical (unpaired) electrons. The van der Waals surface area contributed by atoms with Crippen molar-refractivity contribution in [3.05, 3.63) is 42.0 Å². The number of aromatic nitrogens is 2. The first kappa shape index (κ1) is 13.0. The summed E-state index contributed by atoms with van der Waals surface area (Å²) in [5, 5.41) is 0.